The van der Waals surface area contributed by atoms with Gasteiger partial charge in [0.05, 0.1) is 23.7 Å². The van der Waals surface area contributed by atoms with E-state index in [9.17, 15) is 4.79 Å². The van der Waals surface area contributed by atoms with E-state index in [2.05, 4.69) is 31.0 Å². The average Bonchev–Trinajstić information content (AvgIpc) is 3.03. The van der Waals surface area contributed by atoms with Crippen molar-refractivity contribution in [2.24, 2.45) is 9.98 Å². The van der Waals surface area contributed by atoms with Gasteiger partial charge in [-0.2, -0.15) is 0 Å². The SMILES string of the molecule is CC/C=C(\C=NCCC1=c2ccccc2=N/C1=C(/CC)C(=O)OC)CC. The number of carbonyl (C=O) groups excluding carboxylic acids is 1. The lowest BCUT2D eigenvalue weighted by Gasteiger charge is -2.09. The van der Waals surface area contributed by atoms with Crippen LogP contribution in [0.2, 0.25) is 0 Å². The molecule has 1 aliphatic heterocycles. The minimum absolute atomic E-state index is 0.306. The van der Waals surface area contributed by atoms with Crippen LogP contribution < -0.4 is 10.6 Å². The summed E-state index contributed by atoms with van der Waals surface area (Å²) in [4.78, 5) is 21.5. The number of hydrogen-bond donors (Lipinski definition) is 0. The molecular formula is C22H28N2O2. The average molecular weight is 352 g/mol. The summed E-state index contributed by atoms with van der Waals surface area (Å²) in [5.74, 6) is -0.306. The number of aliphatic imine (C=N–C) groups is 1. The summed E-state index contributed by atoms with van der Waals surface area (Å²) >= 11 is 0. The fourth-order valence-electron chi connectivity index (χ4n) is 3.08. The molecule has 0 spiro atoms. The van der Waals surface area contributed by atoms with Gasteiger partial charge in [0.1, 0.15) is 0 Å². The monoisotopic (exact) mass is 352 g/mol. The van der Waals surface area contributed by atoms with Gasteiger partial charge in [0.15, 0.2) is 0 Å². The summed E-state index contributed by atoms with van der Waals surface area (Å²) in [7, 11) is 1.41. The highest BCUT2D eigenvalue weighted by molar-refractivity contribution is 5.93. The predicted molar refractivity (Wildman–Crippen MR) is 107 cm³/mol. The van der Waals surface area contributed by atoms with Crippen LogP contribution in [-0.2, 0) is 9.53 Å². The molecule has 0 amide bonds. The normalized spacial score (nSPS) is 15.8. The first-order valence-corrected chi connectivity index (χ1v) is 9.33. The maximum Gasteiger partial charge on any atom is 0.335 e. The van der Waals surface area contributed by atoms with Crippen molar-refractivity contribution < 1.29 is 9.53 Å². The zero-order valence-electron chi connectivity index (χ0n) is 16.2. The number of methoxy groups -OCH3 is 1. The Hall–Kier alpha value is -2.49. The summed E-state index contributed by atoms with van der Waals surface area (Å²) in [6, 6.07) is 8.01. The van der Waals surface area contributed by atoms with E-state index in [0.29, 0.717) is 18.5 Å². The molecule has 138 valence electrons. The fourth-order valence-corrected chi connectivity index (χ4v) is 3.08. The van der Waals surface area contributed by atoms with Gasteiger partial charge in [-0.25, -0.2) is 9.79 Å². The number of para-hydroxylation sites is 1. The molecule has 0 atom stereocenters. The molecule has 0 aromatic heterocycles. The molecule has 1 aromatic carbocycles. The fraction of sp³-hybridized carbons (Fsp3) is 0.409. The highest BCUT2D eigenvalue weighted by Gasteiger charge is 2.21. The van der Waals surface area contributed by atoms with Gasteiger partial charge in [-0.15, -0.1) is 0 Å². The molecule has 4 nitrogen and oxygen atoms in total. The number of benzene rings is 1. The van der Waals surface area contributed by atoms with Gasteiger partial charge in [0, 0.05) is 18.0 Å². The largest absolute Gasteiger partial charge is 0.466 e. The predicted octanol–water partition coefficient (Wildman–Crippen LogP) is 3.51. The van der Waals surface area contributed by atoms with Crippen LogP contribution in [0, 0.1) is 0 Å². The molecular weight excluding hydrogens is 324 g/mol. The van der Waals surface area contributed by atoms with Crippen molar-refractivity contribution in [1.82, 2.24) is 0 Å². The minimum Gasteiger partial charge on any atom is -0.466 e. The third-order valence-electron chi connectivity index (χ3n) is 4.44. The van der Waals surface area contributed by atoms with Gasteiger partial charge in [-0.05, 0) is 42.9 Å². The second kappa shape index (κ2) is 9.85. The number of rotatable bonds is 8. The van der Waals surface area contributed by atoms with E-state index in [1.54, 1.807) is 0 Å². The van der Waals surface area contributed by atoms with Gasteiger partial charge in [-0.3, -0.25) is 4.99 Å². The van der Waals surface area contributed by atoms with Crippen LogP contribution in [0.15, 0.2) is 57.2 Å². The van der Waals surface area contributed by atoms with E-state index >= 15 is 0 Å². The molecule has 0 fully saturated rings. The smallest absolute Gasteiger partial charge is 0.335 e. The molecule has 0 unspecified atom stereocenters. The Morgan fingerprint density at radius 1 is 1.19 bits per heavy atom. The summed E-state index contributed by atoms with van der Waals surface area (Å²) in [6.45, 7) is 6.89. The van der Waals surface area contributed by atoms with Crippen molar-refractivity contribution in [3.05, 3.63) is 57.8 Å². The molecule has 26 heavy (non-hydrogen) atoms. The van der Waals surface area contributed by atoms with Crippen LogP contribution in [0.4, 0.5) is 0 Å². The second-order valence-corrected chi connectivity index (χ2v) is 6.11. The number of fused-ring (bicyclic) bond motifs is 1. The van der Waals surface area contributed by atoms with Crippen LogP contribution in [0.3, 0.4) is 0 Å². The Labute approximate surface area is 155 Å². The van der Waals surface area contributed by atoms with Crippen molar-refractivity contribution in [2.75, 3.05) is 13.7 Å². The molecule has 1 aliphatic rings. The van der Waals surface area contributed by atoms with Crippen LogP contribution >= 0.6 is 0 Å². The van der Waals surface area contributed by atoms with Gasteiger partial charge < -0.3 is 4.74 Å². The number of carbonyl (C=O) groups is 1. The van der Waals surface area contributed by atoms with Gasteiger partial charge in [0.25, 0.3) is 0 Å². The third kappa shape index (κ3) is 4.57. The molecule has 2 rings (SSSR count). The van der Waals surface area contributed by atoms with Gasteiger partial charge >= 0.3 is 5.97 Å². The number of nitrogens with zero attached hydrogens (tertiary/aromatic N) is 2. The van der Waals surface area contributed by atoms with E-state index in [-0.39, 0.29) is 5.97 Å². The van der Waals surface area contributed by atoms with E-state index in [1.165, 1.54) is 12.7 Å². The molecule has 4 heteroatoms. The van der Waals surface area contributed by atoms with Crippen LogP contribution in [0.25, 0.3) is 5.57 Å². The molecule has 1 heterocycles. The highest BCUT2D eigenvalue weighted by atomic mass is 16.5. The Bertz CT molecular complexity index is 860. The minimum atomic E-state index is -0.306. The molecule has 0 N–H and O–H groups in total. The summed E-state index contributed by atoms with van der Waals surface area (Å²) in [5, 5.41) is 2.00. The van der Waals surface area contributed by atoms with Crippen LogP contribution in [0.5, 0.6) is 0 Å². The third-order valence-corrected chi connectivity index (χ3v) is 4.44. The van der Waals surface area contributed by atoms with Gasteiger partial charge in [0.2, 0.25) is 0 Å². The van der Waals surface area contributed by atoms with E-state index < -0.39 is 0 Å². The number of hydrogen-bond acceptors (Lipinski definition) is 4. The van der Waals surface area contributed by atoms with Gasteiger partial charge in [-0.1, -0.05) is 45.0 Å². The lowest BCUT2D eigenvalue weighted by molar-refractivity contribution is -0.136. The summed E-state index contributed by atoms with van der Waals surface area (Å²) < 4.78 is 4.95. The molecule has 0 saturated heterocycles. The van der Waals surface area contributed by atoms with Crippen molar-refractivity contribution in [3.8, 4) is 0 Å². The van der Waals surface area contributed by atoms with E-state index in [0.717, 1.165) is 41.1 Å². The molecule has 0 saturated carbocycles. The Morgan fingerprint density at radius 2 is 1.96 bits per heavy atom. The molecule has 0 aliphatic carbocycles. The first-order chi connectivity index (χ1) is 12.7. The first-order valence-electron chi connectivity index (χ1n) is 9.33. The number of ether oxygens (including phenoxy) is 1. The lowest BCUT2D eigenvalue weighted by Crippen LogP contribution is -2.22. The molecule has 1 aromatic rings. The molecule has 0 bridgehead atoms. The zero-order valence-corrected chi connectivity index (χ0v) is 16.2. The van der Waals surface area contributed by atoms with Crippen molar-refractivity contribution in [3.63, 3.8) is 0 Å². The highest BCUT2D eigenvalue weighted by Crippen LogP contribution is 2.24. The van der Waals surface area contributed by atoms with Crippen LogP contribution in [0.1, 0.15) is 46.5 Å². The van der Waals surface area contributed by atoms with Crippen molar-refractivity contribution >= 4 is 17.8 Å². The van der Waals surface area contributed by atoms with E-state index in [1.807, 2.05) is 31.3 Å². The standard InChI is InChI=1S/C22H28N2O2/c1-5-10-16(6-2)15-23-14-13-19-18-11-8-9-12-20(18)24-21(19)17(7-3)22(25)26-4/h8-12,15H,5-7,13-14H2,1-4H3/b16-10-,21-17-,23-15?. The van der Waals surface area contributed by atoms with Crippen molar-refractivity contribution in [1.29, 1.82) is 0 Å². The quantitative estimate of drug-likeness (QED) is 0.408. The number of esters is 1. The Kier molecular flexibility index (Phi) is 7.52. The number of allylic oxidation sites excluding steroid dienone is 3. The summed E-state index contributed by atoms with van der Waals surface area (Å²) in [6.07, 6.45) is 7.51. The zero-order chi connectivity index (χ0) is 18.9. The maximum atomic E-state index is 12.2. The maximum absolute atomic E-state index is 12.2. The van der Waals surface area contributed by atoms with Crippen LogP contribution in [-0.4, -0.2) is 25.8 Å². The first kappa shape index (κ1) is 19.8. The van der Waals surface area contributed by atoms with Crippen molar-refractivity contribution in [2.45, 2.75) is 46.5 Å². The second-order valence-electron chi connectivity index (χ2n) is 6.11. The Balaban J connectivity index is 2.35. The van der Waals surface area contributed by atoms with E-state index in [4.69, 9.17) is 9.73 Å². The lowest BCUT2D eigenvalue weighted by atomic mass is 10.0. The summed E-state index contributed by atoms with van der Waals surface area (Å²) in [5.41, 5.74) is 3.73. The topological polar surface area (TPSA) is 51.0 Å². The Morgan fingerprint density at radius 3 is 2.62 bits per heavy atom. The molecule has 0 radical (unpaired) electrons.